The Bertz CT molecular complexity index is 802. The van der Waals surface area contributed by atoms with Crippen LogP contribution in [0.25, 0.3) is 10.6 Å². The van der Waals surface area contributed by atoms with Crippen molar-refractivity contribution >= 4 is 27.1 Å². The molecule has 6 nitrogen and oxygen atoms in total. The Hall–Kier alpha value is -1.80. The highest BCUT2D eigenvalue weighted by Crippen LogP contribution is 2.25. The van der Waals surface area contributed by atoms with Gasteiger partial charge in [-0.15, -0.1) is 11.3 Å². The number of aromatic nitrogens is 2. The van der Waals surface area contributed by atoms with Crippen LogP contribution in [0, 0.1) is 0 Å². The third-order valence-electron chi connectivity index (χ3n) is 3.88. The van der Waals surface area contributed by atoms with Crippen molar-refractivity contribution in [1.82, 2.24) is 14.9 Å². The predicted octanol–water partition coefficient (Wildman–Crippen LogP) is 1.85. The minimum absolute atomic E-state index is 0.0478. The van der Waals surface area contributed by atoms with Gasteiger partial charge in [0.25, 0.3) is 5.91 Å². The van der Waals surface area contributed by atoms with E-state index < -0.39 is 9.84 Å². The van der Waals surface area contributed by atoms with Crippen LogP contribution in [0.5, 0.6) is 0 Å². The standard InChI is InChI=1S/C15H17N3O3S2/c1-2-18(12-5-7-23(20,21)10-12)15(19)13-9-22-14(17-13)11-4-3-6-16-8-11/h3-4,6,8-9,12H,2,5,7,10H2,1H3. The molecule has 1 saturated heterocycles. The summed E-state index contributed by atoms with van der Waals surface area (Å²) in [4.78, 5) is 22.7. The van der Waals surface area contributed by atoms with Gasteiger partial charge >= 0.3 is 0 Å². The Morgan fingerprint density at radius 1 is 1.48 bits per heavy atom. The molecule has 1 fully saturated rings. The molecule has 1 amide bonds. The summed E-state index contributed by atoms with van der Waals surface area (Å²) < 4.78 is 23.3. The molecule has 1 aliphatic heterocycles. The zero-order chi connectivity index (χ0) is 16.4. The SMILES string of the molecule is CCN(C(=O)c1csc(-c2cccnc2)n1)C1CCS(=O)(=O)C1. The van der Waals surface area contributed by atoms with E-state index in [2.05, 4.69) is 9.97 Å². The van der Waals surface area contributed by atoms with Crippen LogP contribution in [0.3, 0.4) is 0 Å². The highest BCUT2D eigenvalue weighted by Gasteiger charge is 2.34. The molecule has 3 rings (SSSR count). The summed E-state index contributed by atoms with van der Waals surface area (Å²) in [6.45, 7) is 2.33. The number of nitrogens with zero attached hydrogens (tertiary/aromatic N) is 3. The van der Waals surface area contributed by atoms with E-state index in [0.29, 0.717) is 18.7 Å². The van der Waals surface area contributed by atoms with Crippen molar-refractivity contribution in [2.24, 2.45) is 0 Å². The number of hydrogen-bond acceptors (Lipinski definition) is 6. The van der Waals surface area contributed by atoms with Crippen LogP contribution in [0.2, 0.25) is 0 Å². The van der Waals surface area contributed by atoms with Gasteiger partial charge in [0.1, 0.15) is 10.7 Å². The lowest BCUT2D eigenvalue weighted by molar-refractivity contribution is 0.0703. The molecular formula is C15H17N3O3S2. The molecule has 2 aromatic heterocycles. The molecule has 0 spiro atoms. The van der Waals surface area contributed by atoms with Gasteiger partial charge in [0, 0.05) is 35.9 Å². The maximum Gasteiger partial charge on any atom is 0.273 e. The Kier molecular flexibility index (Phi) is 4.45. The second-order valence-electron chi connectivity index (χ2n) is 5.43. The van der Waals surface area contributed by atoms with Crippen LogP contribution in [0.15, 0.2) is 29.9 Å². The fourth-order valence-electron chi connectivity index (χ4n) is 2.73. The summed E-state index contributed by atoms with van der Waals surface area (Å²) in [6.07, 6.45) is 3.89. The van der Waals surface area contributed by atoms with Crippen LogP contribution in [-0.4, -0.2) is 53.3 Å². The molecule has 1 unspecified atom stereocenters. The first-order valence-corrected chi connectivity index (χ1v) is 10.1. The van der Waals surface area contributed by atoms with Crippen molar-refractivity contribution in [2.45, 2.75) is 19.4 Å². The second kappa shape index (κ2) is 6.37. The molecule has 1 atom stereocenters. The molecule has 0 aromatic carbocycles. The number of sulfone groups is 1. The fraction of sp³-hybridized carbons (Fsp3) is 0.400. The van der Waals surface area contributed by atoms with E-state index in [1.807, 2.05) is 19.1 Å². The van der Waals surface area contributed by atoms with Crippen molar-refractivity contribution < 1.29 is 13.2 Å². The van der Waals surface area contributed by atoms with Gasteiger partial charge in [-0.05, 0) is 25.5 Å². The van der Waals surface area contributed by atoms with Crippen molar-refractivity contribution in [3.8, 4) is 10.6 Å². The Labute approximate surface area is 139 Å². The second-order valence-corrected chi connectivity index (χ2v) is 8.51. The van der Waals surface area contributed by atoms with E-state index in [0.717, 1.165) is 10.6 Å². The Morgan fingerprint density at radius 2 is 2.30 bits per heavy atom. The summed E-state index contributed by atoms with van der Waals surface area (Å²) >= 11 is 1.38. The summed E-state index contributed by atoms with van der Waals surface area (Å²) in [6, 6.07) is 3.46. The number of pyridine rings is 1. The smallest absolute Gasteiger partial charge is 0.273 e. The van der Waals surface area contributed by atoms with Crippen molar-refractivity contribution in [2.75, 3.05) is 18.1 Å². The van der Waals surface area contributed by atoms with E-state index >= 15 is 0 Å². The van der Waals surface area contributed by atoms with Gasteiger partial charge in [0.2, 0.25) is 0 Å². The number of carbonyl (C=O) groups is 1. The van der Waals surface area contributed by atoms with Crippen molar-refractivity contribution in [3.05, 3.63) is 35.6 Å². The lowest BCUT2D eigenvalue weighted by Crippen LogP contribution is -2.41. The van der Waals surface area contributed by atoms with Crippen LogP contribution >= 0.6 is 11.3 Å². The third kappa shape index (κ3) is 3.42. The molecule has 0 N–H and O–H groups in total. The predicted molar refractivity (Wildman–Crippen MR) is 89.1 cm³/mol. The van der Waals surface area contributed by atoms with Crippen molar-refractivity contribution in [1.29, 1.82) is 0 Å². The molecule has 0 saturated carbocycles. The first-order chi connectivity index (χ1) is 11.0. The van der Waals surface area contributed by atoms with Gasteiger partial charge < -0.3 is 4.90 Å². The topological polar surface area (TPSA) is 80.2 Å². The first-order valence-electron chi connectivity index (χ1n) is 7.37. The summed E-state index contributed by atoms with van der Waals surface area (Å²) in [5, 5.41) is 2.45. The molecule has 122 valence electrons. The molecule has 0 bridgehead atoms. The summed E-state index contributed by atoms with van der Waals surface area (Å²) in [5.41, 5.74) is 1.23. The molecule has 0 aliphatic carbocycles. The third-order valence-corrected chi connectivity index (χ3v) is 6.52. The lowest BCUT2D eigenvalue weighted by atomic mass is 10.2. The van der Waals surface area contributed by atoms with Gasteiger partial charge in [-0.25, -0.2) is 13.4 Å². The van der Waals surface area contributed by atoms with E-state index in [4.69, 9.17) is 0 Å². The quantitative estimate of drug-likeness (QED) is 0.840. The van der Waals surface area contributed by atoms with Gasteiger partial charge in [0.15, 0.2) is 9.84 Å². The molecule has 8 heteroatoms. The van der Waals surface area contributed by atoms with E-state index in [1.165, 1.54) is 11.3 Å². The maximum absolute atomic E-state index is 12.7. The highest BCUT2D eigenvalue weighted by molar-refractivity contribution is 7.91. The van der Waals surface area contributed by atoms with Gasteiger partial charge in [-0.1, -0.05) is 0 Å². The minimum Gasteiger partial charge on any atom is -0.334 e. The molecule has 3 heterocycles. The van der Waals surface area contributed by atoms with E-state index in [9.17, 15) is 13.2 Å². The van der Waals surface area contributed by atoms with Crippen LogP contribution in [0.1, 0.15) is 23.8 Å². The number of rotatable bonds is 4. The average Bonchev–Trinajstić information content (AvgIpc) is 3.16. The first kappa shape index (κ1) is 16.1. The normalized spacial score (nSPS) is 19.6. The largest absolute Gasteiger partial charge is 0.334 e. The number of carbonyl (C=O) groups excluding carboxylic acids is 1. The van der Waals surface area contributed by atoms with Crippen LogP contribution in [0.4, 0.5) is 0 Å². The Morgan fingerprint density at radius 3 is 2.91 bits per heavy atom. The van der Waals surface area contributed by atoms with E-state index in [-0.39, 0.29) is 23.5 Å². The molecular weight excluding hydrogens is 334 g/mol. The number of amides is 1. The number of thiazole rings is 1. The maximum atomic E-state index is 12.7. The van der Waals surface area contributed by atoms with E-state index in [1.54, 1.807) is 22.7 Å². The average molecular weight is 351 g/mol. The fourth-order valence-corrected chi connectivity index (χ4v) is 5.25. The highest BCUT2D eigenvalue weighted by atomic mass is 32.2. The number of hydrogen-bond donors (Lipinski definition) is 0. The zero-order valence-electron chi connectivity index (χ0n) is 12.7. The van der Waals surface area contributed by atoms with Crippen LogP contribution in [-0.2, 0) is 9.84 Å². The van der Waals surface area contributed by atoms with Gasteiger partial charge in [-0.2, -0.15) is 0 Å². The molecule has 2 aromatic rings. The molecule has 0 radical (unpaired) electrons. The summed E-state index contributed by atoms with van der Waals surface area (Å²) in [5.74, 6) is -0.00739. The lowest BCUT2D eigenvalue weighted by Gasteiger charge is -2.25. The Balaban J connectivity index is 1.81. The van der Waals surface area contributed by atoms with Crippen molar-refractivity contribution in [3.63, 3.8) is 0 Å². The summed E-state index contributed by atoms with van der Waals surface area (Å²) in [7, 11) is -3.02. The molecule has 23 heavy (non-hydrogen) atoms. The zero-order valence-corrected chi connectivity index (χ0v) is 14.3. The van der Waals surface area contributed by atoms with Gasteiger partial charge in [0.05, 0.1) is 11.5 Å². The van der Waals surface area contributed by atoms with Crippen LogP contribution < -0.4 is 0 Å². The molecule has 1 aliphatic rings. The minimum atomic E-state index is -3.02. The van der Waals surface area contributed by atoms with Gasteiger partial charge in [-0.3, -0.25) is 9.78 Å². The monoisotopic (exact) mass is 351 g/mol.